The van der Waals surface area contributed by atoms with E-state index in [1.807, 2.05) is 12.1 Å². The van der Waals surface area contributed by atoms with Gasteiger partial charge in [-0.1, -0.05) is 36.4 Å². The number of anilines is 2. The molecule has 0 saturated carbocycles. The monoisotopic (exact) mass is 619 g/mol. The highest BCUT2D eigenvalue weighted by Gasteiger charge is 2.19. The number of hydrogen-bond donors (Lipinski definition) is 4. The zero-order valence-corrected chi connectivity index (χ0v) is 26.0. The molecule has 4 rings (SSSR count). The van der Waals surface area contributed by atoms with Gasteiger partial charge in [-0.25, -0.2) is 14.0 Å². The molecule has 3 aromatic rings. The third-order valence-electron chi connectivity index (χ3n) is 7.13. The van der Waals surface area contributed by atoms with E-state index in [2.05, 4.69) is 26.2 Å². The van der Waals surface area contributed by atoms with Crippen molar-refractivity contribution < 1.29 is 28.2 Å². The summed E-state index contributed by atoms with van der Waals surface area (Å²) in [6.07, 6.45) is 0.922. The van der Waals surface area contributed by atoms with Crippen molar-refractivity contribution in [2.24, 2.45) is 0 Å². The minimum Gasteiger partial charge on any atom is -0.444 e. The van der Waals surface area contributed by atoms with Gasteiger partial charge in [0.25, 0.3) is 5.91 Å². The summed E-state index contributed by atoms with van der Waals surface area (Å²) in [5.41, 5.74) is 2.23. The second-order valence-corrected chi connectivity index (χ2v) is 11.9. The molecule has 4 N–H and O–H groups in total. The fourth-order valence-corrected chi connectivity index (χ4v) is 4.84. The number of urea groups is 1. The van der Waals surface area contributed by atoms with Crippen LogP contribution in [0.5, 0.6) is 0 Å². The van der Waals surface area contributed by atoms with Gasteiger partial charge in [0.05, 0.1) is 30.6 Å². The fraction of sp³-hybridized carbons (Fsp3) is 0.382. The lowest BCUT2D eigenvalue weighted by Crippen LogP contribution is -2.39. The van der Waals surface area contributed by atoms with Crippen molar-refractivity contribution >= 4 is 29.4 Å². The summed E-state index contributed by atoms with van der Waals surface area (Å²) in [6.45, 7) is 9.67. The molecule has 1 heterocycles. The second kappa shape index (κ2) is 16.0. The van der Waals surface area contributed by atoms with E-state index in [4.69, 9.17) is 9.47 Å². The van der Waals surface area contributed by atoms with Crippen molar-refractivity contribution in [3.8, 4) is 0 Å². The minimum absolute atomic E-state index is 0.260. The Morgan fingerprint density at radius 3 is 2.20 bits per heavy atom. The summed E-state index contributed by atoms with van der Waals surface area (Å²) in [4.78, 5) is 40.7. The molecule has 1 atom stereocenters. The van der Waals surface area contributed by atoms with Gasteiger partial charge in [0.15, 0.2) is 0 Å². The van der Waals surface area contributed by atoms with Gasteiger partial charge in [0.1, 0.15) is 11.4 Å². The number of morpholine rings is 1. The predicted molar refractivity (Wildman–Crippen MR) is 172 cm³/mol. The van der Waals surface area contributed by atoms with Crippen LogP contribution >= 0.6 is 0 Å². The molecule has 1 unspecified atom stereocenters. The quantitative estimate of drug-likeness (QED) is 0.207. The first-order valence-corrected chi connectivity index (χ1v) is 15.1. The number of nitrogens with zero attached hydrogens (tertiary/aromatic N) is 1. The van der Waals surface area contributed by atoms with Gasteiger partial charge in [-0.05, 0) is 87.7 Å². The Hall–Kier alpha value is -4.48. The van der Waals surface area contributed by atoms with E-state index in [9.17, 15) is 18.8 Å². The molecule has 4 amide bonds. The van der Waals surface area contributed by atoms with Gasteiger partial charge < -0.3 is 25.4 Å². The van der Waals surface area contributed by atoms with Crippen LogP contribution in [-0.2, 0) is 16.0 Å². The van der Waals surface area contributed by atoms with Gasteiger partial charge in [-0.3, -0.25) is 15.0 Å². The zero-order valence-electron chi connectivity index (χ0n) is 26.0. The Morgan fingerprint density at radius 1 is 0.911 bits per heavy atom. The molecule has 0 spiro atoms. The van der Waals surface area contributed by atoms with E-state index in [1.54, 1.807) is 69.3 Å². The molecular weight excluding hydrogens is 577 g/mol. The highest BCUT2D eigenvalue weighted by Crippen LogP contribution is 2.24. The van der Waals surface area contributed by atoms with Crippen molar-refractivity contribution in [2.45, 2.75) is 51.8 Å². The number of halogens is 1. The van der Waals surface area contributed by atoms with Crippen molar-refractivity contribution in [3.63, 3.8) is 0 Å². The minimum atomic E-state index is -0.664. The highest BCUT2D eigenvalue weighted by atomic mass is 19.1. The lowest BCUT2D eigenvalue weighted by atomic mass is 10.00. The normalized spacial score (nSPS) is 14.2. The molecule has 45 heavy (non-hydrogen) atoms. The van der Waals surface area contributed by atoms with Crippen molar-refractivity contribution in [1.82, 2.24) is 15.5 Å². The number of carbonyl (C=O) groups excluding carboxylic acids is 3. The Labute approximate surface area is 263 Å². The van der Waals surface area contributed by atoms with Crippen LogP contribution in [0.3, 0.4) is 0 Å². The van der Waals surface area contributed by atoms with E-state index >= 15 is 0 Å². The van der Waals surface area contributed by atoms with Crippen LogP contribution in [0.1, 0.15) is 61.1 Å². The van der Waals surface area contributed by atoms with Crippen LogP contribution in [0, 0.1) is 5.82 Å². The average Bonchev–Trinajstić information content (AvgIpc) is 3.01. The van der Waals surface area contributed by atoms with Gasteiger partial charge in [0, 0.05) is 25.2 Å². The van der Waals surface area contributed by atoms with E-state index in [0.29, 0.717) is 23.4 Å². The molecule has 0 aliphatic carbocycles. The van der Waals surface area contributed by atoms with Gasteiger partial charge in [-0.2, -0.15) is 0 Å². The van der Waals surface area contributed by atoms with Gasteiger partial charge >= 0.3 is 12.1 Å². The molecule has 1 saturated heterocycles. The van der Waals surface area contributed by atoms with Gasteiger partial charge in [-0.15, -0.1) is 0 Å². The van der Waals surface area contributed by atoms with Crippen LogP contribution < -0.4 is 21.3 Å². The zero-order chi connectivity index (χ0) is 32.2. The first-order valence-electron chi connectivity index (χ1n) is 15.1. The van der Waals surface area contributed by atoms with Gasteiger partial charge in [0.2, 0.25) is 0 Å². The summed E-state index contributed by atoms with van der Waals surface area (Å²) < 4.78 is 24.0. The van der Waals surface area contributed by atoms with Crippen LogP contribution in [0.25, 0.3) is 0 Å². The van der Waals surface area contributed by atoms with Crippen LogP contribution in [-0.4, -0.2) is 61.4 Å². The lowest BCUT2D eigenvalue weighted by molar-refractivity contribution is 0.0369. The first kappa shape index (κ1) is 33.4. The SMILES string of the molecule is CC(C)(C)OC(=O)Nc1ccccc1NC(=O)c1ccc(C(CCCN2CCOCC2)NC(=O)NCc2ccc(F)cc2)cc1. The molecule has 3 aromatic carbocycles. The molecular formula is C34H42FN5O5. The Bertz CT molecular complexity index is 1420. The lowest BCUT2D eigenvalue weighted by Gasteiger charge is -2.27. The van der Waals surface area contributed by atoms with E-state index in [0.717, 1.165) is 50.4 Å². The highest BCUT2D eigenvalue weighted by molar-refractivity contribution is 6.06. The Kier molecular flexibility index (Phi) is 11.9. The number of benzene rings is 3. The second-order valence-electron chi connectivity index (χ2n) is 11.9. The fourth-order valence-electron chi connectivity index (χ4n) is 4.84. The van der Waals surface area contributed by atoms with Crippen LogP contribution in [0.4, 0.5) is 25.4 Å². The molecule has 0 aromatic heterocycles. The summed E-state index contributed by atoms with van der Waals surface area (Å²) in [7, 11) is 0. The summed E-state index contributed by atoms with van der Waals surface area (Å²) in [5, 5.41) is 11.4. The Morgan fingerprint density at radius 2 is 1.56 bits per heavy atom. The average molecular weight is 620 g/mol. The number of hydrogen-bond acceptors (Lipinski definition) is 6. The van der Waals surface area contributed by atoms with Crippen LogP contribution in [0.15, 0.2) is 72.8 Å². The van der Waals surface area contributed by atoms with E-state index in [-0.39, 0.29) is 30.3 Å². The number of carbonyl (C=O) groups is 3. The third kappa shape index (κ3) is 11.2. The molecule has 10 nitrogen and oxygen atoms in total. The standard InChI is InChI=1S/C34H42FN5O5/c1-34(2,3)45-33(43)39-30-8-5-4-7-29(30)37-31(41)26-14-12-25(13-15-26)28(9-6-18-40-19-21-44-22-20-40)38-32(42)36-23-24-10-16-27(35)17-11-24/h4-5,7-8,10-17,28H,6,9,18-23H2,1-3H3,(H,37,41)(H,39,43)(H2,36,38,42). The maximum absolute atomic E-state index is 13.2. The Balaban J connectivity index is 1.40. The van der Waals surface area contributed by atoms with Crippen molar-refractivity contribution in [1.29, 1.82) is 0 Å². The molecule has 1 aliphatic heterocycles. The molecule has 240 valence electrons. The predicted octanol–water partition coefficient (Wildman–Crippen LogP) is 6.08. The number of ether oxygens (including phenoxy) is 2. The molecule has 11 heteroatoms. The number of nitrogens with one attached hydrogen (secondary N) is 4. The van der Waals surface area contributed by atoms with E-state index in [1.165, 1.54) is 12.1 Å². The molecule has 1 aliphatic rings. The van der Waals surface area contributed by atoms with Crippen molar-refractivity contribution in [3.05, 3.63) is 95.3 Å². The number of amides is 4. The third-order valence-corrected chi connectivity index (χ3v) is 7.13. The largest absolute Gasteiger partial charge is 0.444 e. The first-order chi connectivity index (χ1) is 21.6. The number of rotatable bonds is 11. The summed E-state index contributed by atoms with van der Waals surface area (Å²) in [5.74, 6) is -0.684. The number of para-hydroxylation sites is 2. The topological polar surface area (TPSA) is 121 Å². The maximum atomic E-state index is 13.2. The summed E-state index contributed by atoms with van der Waals surface area (Å²) in [6, 6.07) is 19.3. The smallest absolute Gasteiger partial charge is 0.412 e. The van der Waals surface area contributed by atoms with E-state index < -0.39 is 11.7 Å². The maximum Gasteiger partial charge on any atom is 0.412 e. The van der Waals surface area contributed by atoms with Crippen molar-refractivity contribution in [2.75, 3.05) is 43.5 Å². The molecule has 0 bridgehead atoms. The summed E-state index contributed by atoms with van der Waals surface area (Å²) >= 11 is 0. The van der Waals surface area contributed by atoms with Crippen LogP contribution in [0.2, 0.25) is 0 Å². The molecule has 1 fully saturated rings. The molecule has 0 radical (unpaired) electrons.